The van der Waals surface area contributed by atoms with Gasteiger partial charge in [0.15, 0.2) is 5.78 Å². The van der Waals surface area contributed by atoms with Gasteiger partial charge in [-0.2, -0.15) is 0 Å². The monoisotopic (exact) mass is 1650 g/mol. The van der Waals surface area contributed by atoms with E-state index in [2.05, 4.69) is 350 Å². The van der Waals surface area contributed by atoms with Gasteiger partial charge < -0.3 is 23.8 Å². The fraction of sp³-hybridized carbons (Fsp3) is 0.174. The van der Waals surface area contributed by atoms with Crippen molar-refractivity contribution in [3.05, 3.63) is 382 Å². The van der Waals surface area contributed by atoms with Crippen molar-refractivity contribution in [1.29, 1.82) is 0 Å². The van der Waals surface area contributed by atoms with Gasteiger partial charge in [-0.25, -0.2) is 0 Å². The molecule has 6 aromatic heterocycles. The van der Waals surface area contributed by atoms with E-state index in [1.165, 1.54) is 82.5 Å². The number of hydrogen-bond acceptors (Lipinski definition) is 11. The Morgan fingerprint density at radius 1 is 0.385 bits per heavy atom. The first-order valence-corrected chi connectivity index (χ1v) is 44.4. The van der Waals surface area contributed by atoms with Crippen molar-refractivity contribution in [2.45, 2.75) is 124 Å². The molecule has 0 amide bonds. The molecule has 11 aromatic carbocycles. The Morgan fingerprint density at radius 3 is 1.35 bits per heavy atom. The lowest BCUT2D eigenvalue weighted by molar-refractivity contribution is 0.102. The Labute approximate surface area is 728 Å². The summed E-state index contributed by atoms with van der Waals surface area (Å²) in [7, 11) is 0. The van der Waals surface area contributed by atoms with E-state index < -0.39 is 0 Å². The van der Waals surface area contributed by atoms with Crippen molar-refractivity contribution in [2.24, 2.45) is 0 Å². The molecule has 0 bridgehead atoms. The molecule has 3 aliphatic rings. The lowest BCUT2D eigenvalue weighted by Gasteiger charge is -2.41. The molecule has 0 fully saturated rings. The smallest absolute Gasteiger partial charge is 0.260 e. The first-order valence-electron chi connectivity index (χ1n) is 41.8. The van der Waals surface area contributed by atoms with E-state index in [0.717, 1.165) is 83.2 Å². The van der Waals surface area contributed by atoms with Crippen molar-refractivity contribution in [1.82, 2.24) is 14.5 Å². The van der Waals surface area contributed by atoms with Crippen LogP contribution in [0.5, 0.6) is 23.0 Å². The number of aromatic nitrogens is 3. The molecule has 0 unspecified atom stereocenters. The summed E-state index contributed by atoms with van der Waals surface area (Å²) >= 11 is 5.21. The van der Waals surface area contributed by atoms with Crippen LogP contribution in [0.15, 0.2) is 326 Å². The predicted octanol–water partition coefficient (Wildman–Crippen LogP) is 28.1. The minimum absolute atomic E-state index is 0.0391. The largest absolute Gasteiger partial charge is 0.458 e. The molecular formula is C109H96BN5O4S3. The van der Waals surface area contributed by atoms with Crippen LogP contribution in [0.4, 0.5) is 32.8 Å². The number of carbonyl (C=O) groups excluding carboxylic acids is 2. The fourth-order valence-electron chi connectivity index (χ4n) is 17.2. The summed E-state index contributed by atoms with van der Waals surface area (Å²) in [5.41, 5.74) is 27.3. The molecule has 13 heteroatoms. The zero-order valence-corrected chi connectivity index (χ0v) is 73.8. The maximum absolute atomic E-state index is 13.0. The van der Waals surface area contributed by atoms with Gasteiger partial charge in [0.2, 0.25) is 5.78 Å². The molecular weight excluding hydrogens is 1550 g/mol. The molecule has 9 nitrogen and oxygen atoms in total. The SMILES string of the molecule is CC(C)(C)c1ccc(N(c2ccc(C(C)(C)C)cc2)c2sccc2-c2ccc(C(=O)c3ccccc3)cc2)cc1.CC(C)(C)c1ccc2c(c1)c1cc(C(C)(C)C)ccc1n2-c1sccc1-c1ccc(C(=O)c2ccccn2)nc1.CC1(C)c2ccccc2N(c2sccc2-c2cc3c4c(c2)Oc2ccccc2B4c2ccccc2O3)c2ccccc21. The fourth-order valence-corrected chi connectivity index (χ4v) is 20.0. The Morgan fingerprint density at radius 2 is 0.836 bits per heavy atom. The average Bonchev–Trinajstić information content (AvgIpc) is 1.01. The van der Waals surface area contributed by atoms with Crippen LogP contribution in [0, 0.1) is 0 Å². The highest BCUT2D eigenvalue weighted by atomic mass is 32.1. The first-order chi connectivity index (χ1) is 58.6. The summed E-state index contributed by atoms with van der Waals surface area (Å²) < 4.78 is 15.6. The highest BCUT2D eigenvalue weighted by Crippen LogP contribution is 2.56. The molecule has 0 N–H and O–H groups in total. The van der Waals surface area contributed by atoms with Gasteiger partial charge in [0, 0.05) is 78.8 Å². The molecule has 9 heterocycles. The summed E-state index contributed by atoms with van der Waals surface area (Å²) in [5, 5.41) is 12.5. The minimum atomic E-state index is -0.176. The predicted molar refractivity (Wildman–Crippen MR) is 513 cm³/mol. The zero-order valence-electron chi connectivity index (χ0n) is 71.3. The number of rotatable bonds is 12. The molecule has 0 spiro atoms. The number of ether oxygens (including phenoxy) is 2. The molecule has 0 saturated carbocycles. The zero-order chi connectivity index (χ0) is 84.7. The third-order valence-electron chi connectivity index (χ3n) is 24.0. The van der Waals surface area contributed by atoms with E-state index in [-0.39, 0.29) is 45.4 Å². The number of ketones is 2. The van der Waals surface area contributed by atoms with Gasteiger partial charge in [-0.3, -0.25) is 19.6 Å². The third kappa shape index (κ3) is 15.1. The van der Waals surface area contributed by atoms with Crippen LogP contribution in [0.25, 0.3) is 60.2 Å². The second kappa shape index (κ2) is 31.7. The maximum Gasteiger partial charge on any atom is 0.260 e. The first kappa shape index (κ1) is 80.3. The number of para-hydroxylation sites is 4. The van der Waals surface area contributed by atoms with Gasteiger partial charge in [0.05, 0.1) is 22.4 Å². The molecule has 3 aliphatic heterocycles. The molecule has 0 atom stereocenters. The number of nitrogens with zero attached hydrogens (tertiary/aromatic N) is 5. The Bertz CT molecular complexity index is 6560. The molecule has 602 valence electrons. The normalized spacial score (nSPS) is 13.1. The van der Waals surface area contributed by atoms with E-state index in [4.69, 9.17) is 9.47 Å². The summed E-state index contributed by atoms with van der Waals surface area (Å²) in [6.45, 7) is 31.8. The van der Waals surface area contributed by atoms with Gasteiger partial charge in [-0.15, -0.1) is 34.0 Å². The quantitative estimate of drug-likeness (QED) is 0.0883. The Kier molecular flexibility index (Phi) is 20.8. The van der Waals surface area contributed by atoms with E-state index >= 15 is 0 Å². The summed E-state index contributed by atoms with van der Waals surface area (Å²) in [6.07, 6.45) is 3.42. The lowest BCUT2D eigenvalue weighted by Crippen LogP contribution is -2.57. The van der Waals surface area contributed by atoms with Crippen molar-refractivity contribution >= 4 is 123 Å². The summed E-state index contributed by atoms with van der Waals surface area (Å²) in [5.74, 6) is 3.39. The second-order valence-electron chi connectivity index (χ2n) is 36.5. The minimum Gasteiger partial charge on any atom is -0.458 e. The molecule has 0 saturated heterocycles. The van der Waals surface area contributed by atoms with E-state index in [9.17, 15) is 9.59 Å². The van der Waals surface area contributed by atoms with Crippen LogP contribution in [-0.4, -0.2) is 32.8 Å². The maximum atomic E-state index is 13.0. The van der Waals surface area contributed by atoms with Gasteiger partial charge >= 0.3 is 0 Å². The van der Waals surface area contributed by atoms with E-state index in [0.29, 0.717) is 22.5 Å². The molecule has 17 aromatic rings. The number of anilines is 6. The van der Waals surface area contributed by atoms with Crippen LogP contribution >= 0.6 is 34.0 Å². The topological polar surface area (TPSA) is 89.8 Å². The van der Waals surface area contributed by atoms with Crippen LogP contribution in [0.1, 0.15) is 162 Å². The number of carbonyl (C=O) groups is 2. The summed E-state index contributed by atoms with van der Waals surface area (Å²) in [4.78, 5) is 39.4. The number of benzene rings is 11. The molecule has 0 radical (unpaired) electrons. The van der Waals surface area contributed by atoms with Gasteiger partial charge in [-0.05, 0) is 215 Å². The third-order valence-corrected chi connectivity index (χ3v) is 26.7. The van der Waals surface area contributed by atoms with Crippen LogP contribution in [0.3, 0.4) is 0 Å². The van der Waals surface area contributed by atoms with Crippen molar-refractivity contribution in [3.63, 3.8) is 0 Å². The lowest BCUT2D eigenvalue weighted by atomic mass is 9.35. The highest BCUT2D eigenvalue weighted by molar-refractivity contribution is 7.15. The second-order valence-corrected chi connectivity index (χ2v) is 39.2. The highest BCUT2D eigenvalue weighted by Gasteiger charge is 2.42. The number of thiophene rings is 3. The molecule has 122 heavy (non-hydrogen) atoms. The standard InChI is InChI=1S/C37H26BNO2S.C37H37NOS.C35H33N3OS/c1-37(2)25-11-3-7-15-29(25)39(30-16-8-4-12-26(30)37)36-24(19-20-42-36)23-21-33-35-34(22-23)41-32-18-10-6-14-28(32)38(35)27-13-5-9-17-31(27)40-33;1-36(2,3)29-16-20-31(21-17-29)38(32-22-18-30(19-23-32)37(4,5)6)35-33(24-25-40-35)26-12-14-28(15-13-26)34(39)27-10-8-7-9-11-27;1-34(2,3)23-11-14-30-26(19-23)27-20-24(35(4,5)6)12-15-31(27)38(30)33-25(16-18-40-33)22-10-13-29(37-21-22)32(39)28-9-7-8-17-36-28/h3-22H,1-2H3;7-25H,1-6H3;7-21H,1-6H3. The van der Waals surface area contributed by atoms with Crippen molar-refractivity contribution < 1.29 is 19.1 Å². The van der Waals surface area contributed by atoms with Crippen LogP contribution in [-0.2, 0) is 27.1 Å². The van der Waals surface area contributed by atoms with Crippen LogP contribution < -0.4 is 35.7 Å². The van der Waals surface area contributed by atoms with Crippen molar-refractivity contribution in [3.8, 4) is 61.4 Å². The Hall–Kier alpha value is -12.8. The van der Waals surface area contributed by atoms with Gasteiger partial charge in [0.25, 0.3) is 6.71 Å². The van der Waals surface area contributed by atoms with E-state index in [1.54, 1.807) is 64.6 Å². The number of pyridine rings is 2. The van der Waals surface area contributed by atoms with E-state index in [1.807, 2.05) is 66.7 Å². The molecule has 0 aliphatic carbocycles. The average molecular weight is 1650 g/mol. The number of hydrogen-bond donors (Lipinski definition) is 0. The summed E-state index contributed by atoms with van der Waals surface area (Å²) in [6, 6.07) is 104. The Balaban J connectivity index is 0.000000125. The van der Waals surface area contributed by atoms with Gasteiger partial charge in [-0.1, -0.05) is 273 Å². The molecule has 20 rings (SSSR count). The van der Waals surface area contributed by atoms with Crippen molar-refractivity contribution in [2.75, 3.05) is 9.80 Å². The van der Waals surface area contributed by atoms with Crippen LogP contribution in [0.2, 0.25) is 0 Å². The number of fused-ring (bicyclic) bond motifs is 9. The van der Waals surface area contributed by atoms with Gasteiger partial charge in [0.1, 0.15) is 49.4 Å².